The molecule has 0 saturated heterocycles. The summed E-state index contributed by atoms with van der Waals surface area (Å²) in [5.41, 5.74) is 3.28. The Hall–Kier alpha value is -1.42. The van der Waals surface area contributed by atoms with Crippen LogP contribution in [0.25, 0.3) is 11.0 Å². The van der Waals surface area contributed by atoms with Crippen molar-refractivity contribution in [2.75, 3.05) is 7.05 Å². The van der Waals surface area contributed by atoms with Crippen LogP contribution in [0.1, 0.15) is 18.2 Å². The molecule has 0 bridgehead atoms. The van der Waals surface area contributed by atoms with Gasteiger partial charge in [-0.15, -0.1) is 0 Å². The normalized spacial score (nSPS) is 11.0. The van der Waals surface area contributed by atoms with Gasteiger partial charge < -0.3 is 10.3 Å². The molecule has 0 aliphatic rings. The number of nitrogens with zero attached hydrogens (tertiary/aromatic N) is 2. The third-order valence-corrected chi connectivity index (χ3v) is 2.33. The maximum atomic E-state index is 4.28. The van der Waals surface area contributed by atoms with Crippen molar-refractivity contribution in [1.29, 1.82) is 0 Å². The van der Waals surface area contributed by atoms with Crippen LogP contribution in [0, 0.1) is 0 Å². The van der Waals surface area contributed by atoms with Gasteiger partial charge in [0.25, 0.3) is 0 Å². The lowest BCUT2D eigenvalue weighted by Gasteiger charge is -2.01. The van der Waals surface area contributed by atoms with E-state index in [-0.39, 0.29) is 0 Å². The highest BCUT2D eigenvalue weighted by Crippen LogP contribution is 2.19. The molecule has 0 aliphatic heterocycles. The predicted molar refractivity (Wildman–Crippen MR) is 56.0 cm³/mol. The summed E-state index contributed by atoms with van der Waals surface area (Å²) in [6.07, 6.45) is 4.55. The molecule has 0 aliphatic carbocycles. The number of rotatable bonds is 3. The summed E-state index contributed by atoms with van der Waals surface area (Å²) in [6.45, 7) is 2.96. The SMILES string of the molecule is CCc1ncnc2[nH]cc(CNC)c12. The predicted octanol–water partition coefficient (Wildman–Crippen LogP) is 1.24. The van der Waals surface area contributed by atoms with Crippen molar-refractivity contribution in [3.05, 3.63) is 23.8 Å². The van der Waals surface area contributed by atoms with E-state index in [0.717, 1.165) is 24.3 Å². The summed E-state index contributed by atoms with van der Waals surface area (Å²) < 4.78 is 0. The summed E-state index contributed by atoms with van der Waals surface area (Å²) in [5.74, 6) is 0. The standard InChI is InChI=1S/C10H14N4/c1-3-8-9-7(4-11-2)5-12-10(9)14-6-13-8/h5-6,11H,3-4H2,1-2H3,(H,12,13,14). The van der Waals surface area contributed by atoms with Gasteiger partial charge in [0.2, 0.25) is 0 Å². The number of aryl methyl sites for hydroxylation is 1. The average Bonchev–Trinajstić information content (AvgIpc) is 2.62. The van der Waals surface area contributed by atoms with E-state index in [1.54, 1.807) is 6.33 Å². The molecule has 0 unspecified atom stereocenters. The van der Waals surface area contributed by atoms with Crippen LogP contribution in [-0.4, -0.2) is 22.0 Å². The lowest BCUT2D eigenvalue weighted by molar-refractivity contribution is 0.822. The van der Waals surface area contributed by atoms with E-state index in [4.69, 9.17) is 0 Å². The molecule has 0 amide bonds. The first-order valence-electron chi connectivity index (χ1n) is 4.81. The molecule has 0 spiro atoms. The topological polar surface area (TPSA) is 53.6 Å². The van der Waals surface area contributed by atoms with Crippen molar-refractivity contribution in [2.24, 2.45) is 0 Å². The fourth-order valence-corrected chi connectivity index (χ4v) is 1.69. The van der Waals surface area contributed by atoms with E-state index < -0.39 is 0 Å². The van der Waals surface area contributed by atoms with Crippen LogP contribution in [0.15, 0.2) is 12.5 Å². The first kappa shape index (κ1) is 9.15. The van der Waals surface area contributed by atoms with Gasteiger partial charge in [0.15, 0.2) is 0 Å². The van der Waals surface area contributed by atoms with E-state index in [1.165, 1.54) is 10.9 Å². The molecule has 74 valence electrons. The molecular weight excluding hydrogens is 176 g/mol. The summed E-state index contributed by atoms with van der Waals surface area (Å²) >= 11 is 0. The first-order valence-corrected chi connectivity index (χ1v) is 4.81. The number of hydrogen-bond acceptors (Lipinski definition) is 3. The monoisotopic (exact) mass is 190 g/mol. The first-order chi connectivity index (χ1) is 6.86. The molecule has 0 radical (unpaired) electrons. The van der Waals surface area contributed by atoms with Gasteiger partial charge in [0.05, 0.1) is 5.69 Å². The van der Waals surface area contributed by atoms with Crippen LogP contribution in [0.2, 0.25) is 0 Å². The Morgan fingerprint density at radius 3 is 3.00 bits per heavy atom. The van der Waals surface area contributed by atoms with Crippen molar-refractivity contribution >= 4 is 11.0 Å². The maximum absolute atomic E-state index is 4.28. The Morgan fingerprint density at radius 1 is 1.43 bits per heavy atom. The fourth-order valence-electron chi connectivity index (χ4n) is 1.69. The number of hydrogen-bond donors (Lipinski definition) is 2. The van der Waals surface area contributed by atoms with Gasteiger partial charge in [0, 0.05) is 18.1 Å². The molecule has 4 nitrogen and oxygen atoms in total. The number of nitrogens with one attached hydrogen (secondary N) is 2. The van der Waals surface area contributed by atoms with Crippen LogP contribution in [0.5, 0.6) is 0 Å². The van der Waals surface area contributed by atoms with Gasteiger partial charge in [-0.05, 0) is 19.0 Å². The second kappa shape index (κ2) is 3.75. The zero-order valence-electron chi connectivity index (χ0n) is 8.46. The number of aromatic amines is 1. The second-order valence-electron chi connectivity index (χ2n) is 3.24. The molecule has 2 heterocycles. The highest BCUT2D eigenvalue weighted by molar-refractivity contribution is 5.81. The molecule has 4 heteroatoms. The minimum Gasteiger partial charge on any atom is -0.346 e. The van der Waals surface area contributed by atoms with Gasteiger partial charge >= 0.3 is 0 Å². The molecule has 2 aromatic rings. The number of fused-ring (bicyclic) bond motifs is 1. The second-order valence-corrected chi connectivity index (χ2v) is 3.24. The van der Waals surface area contributed by atoms with Crippen molar-refractivity contribution < 1.29 is 0 Å². The van der Waals surface area contributed by atoms with Gasteiger partial charge in [0.1, 0.15) is 12.0 Å². The molecule has 0 aromatic carbocycles. The lowest BCUT2D eigenvalue weighted by Crippen LogP contribution is -2.05. The van der Waals surface area contributed by atoms with Gasteiger partial charge in [-0.1, -0.05) is 6.92 Å². The minimum atomic E-state index is 0.848. The lowest BCUT2D eigenvalue weighted by atomic mass is 10.1. The van der Waals surface area contributed by atoms with Crippen LogP contribution in [0.3, 0.4) is 0 Å². The summed E-state index contributed by atoms with van der Waals surface area (Å²) in [5, 5.41) is 4.31. The zero-order chi connectivity index (χ0) is 9.97. The third-order valence-electron chi connectivity index (χ3n) is 2.33. The smallest absolute Gasteiger partial charge is 0.141 e. The number of aromatic nitrogens is 3. The van der Waals surface area contributed by atoms with Crippen LogP contribution >= 0.6 is 0 Å². The summed E-state index contributed by atoms with van der Waals surface area (Å²) in [6, 6.07) is 0. The molecule has 14 heavy (non-hydrogen) atoms. The summed E-state index contributed by atoms with van der Waals surface area (Å²) in [7, 11) is 1.94. The van der Waals surface area contributed by atoms with Crippen LogP contribution < -0.4 is 5.32 Å². The Morgan fingerprint density at radius 2 is 2.29 bits per heavy atom. The Labute approximate surface area is 82.8 Å². The largest absolute Gasteiger partial charge is 0.346 e. The van der Waals surface area contributed by atoms with E-state index >= 15 is 0 Å². The quantitative estimate of drug-likeness (QED) is 0.765. The minimum absolute atomic E-state index is 0.848. The molecule has 0 atom stereocenters. The fraction of sp³-hybridized carbons (Fsp3) is 0.400. The molecule has 0 fully saturated rings. The van der Waals surface area contributed by atoms with Gasteiger partial charge in [-0.2, -0.15) is 0 Å². The maximum Gasteiger partial charge on any atom is 0.141 e. The Kier molecular flexibility index (Phi) is 2.45. The number of H-pyrrole nitrogens is 1. The van der Waals surface area contributed by atoms with E-state index in [1.807, 2.05) is 13.2 Å². The van der Waals surface area contributed by atoms with Crippen molar-refractivity contribution in [3.63, 3.8) is 0 Å². The zero-order valence-corrected chi connectivity index (χ0v) is 8.46. The van der Waals surface area contributed by atoms with Crippen molar-refractivity contribution in [3.8, 4) is 0 Å². The Bertz CT molecular complexity index is 433. The molecule has 2 rings (SSSR count). The van der Waals surface area contributed by atoms with Crippen molar-refractivity contribution in [1.82, 2.24) is 20.3 Å². The molecule has 2 N–H and O–H groups in total. The molecular formula is C10H14N4. The molecule has 2 aromatic heterocycles. The molecule has 0 saturated carbocycles. The highest BCUT2D eigenvalue weighted by Gasteiger charge is 2.08. The van der Waals surface area contributed by atoms with Crippen molar-refractivity contribution in [2.45, 2.75) is 19.9 Å². The Balaban J connectivity index is 2.62. The van der Waals surface area contributed by atoms with E-state index in [2.05, 4.69) is 27.2 Å². The van der Waals surface area contributed by atoms with E-state index in [9.17, 15) is 0 Å². The van der Waals surface area contributed by atoms with E-state index in [0.29, 0.717) is 0 Å². The average molecular weight is 190 g/mol. The van der Waals surface area contributed by atoms with Gasteiger partial charge in [-0.25, -0.2) is 9.97 Å². The van der Waals surface area contributed by atoms with Crippen LogP contribution in [0.4, 0.5) is 0 Å². The summed E-state index contributed by atoms with van der Waals surface area (Å²) in [4.78, 5) is 11.6. The van der Waals surface area contributed by atoms with Crippen LogP contribution in [-0.2, 0) is 13.0 Å². The van der Waals surface area contributed by atoms with Gasteiger partial charge in [-0.3, -0.25) is 0 Å². The highest BCUT2D eigenvalue weighted by atomic mass is 14.9. The third kappa shape index (κ3) is 1.37.